The van der Waals surface area contributed by atoms with Crippen molar-refractivity contribution >= 4 is 11.8 Å². The zero-order valence-corrected chi connectivity index (χ0v) is 10.4. The number of piperazine rings is 1. The van der Waals surface area contributed by atoms with Gasteiger partial charge in [-0.15, -0.1) is 0 Å². The number of nitrogens with one attached hydrogen (secondary N) is 1. The predicted molar refractivity (Wildman–Crippen MR) is 64.5 cm³/mol. The van der Waals surface area contributed by atoms with Gasteiger partial charge in [-0.1, -0.05) is 6.92 Å². The van der Waals surface area contributed by atoms with E-state index < -0.39 is 0 Å². The van der Waals surface area contributed by atoms with Crippen molar-refractivity contribution in [3.05, 3.63) is 0 Å². The van der Waals surface area contributed by atoms with E-state index in [0.29, 0.717) is 13.0 Å². The molecule has 0 aromatic carbocycles. The van der Waals surface area contributed by atoms with Gasteiger partial charge in [0.25, 0.3) is 0 Å². The molecule has 1 N–H and O–H groups in total. The summed E-state index contributed by atoms with van der Waals surface area (Å²) in [5.41, 5.74) is 0. The van der Waals surface area contributed by atoms with Crippen LogP contribution in [-0.4, -0.2) is 60.4 Å². The molecule has 0 saturated carbocycles. The summed E-state index contributed by atoms with van der Waals surface area (Å²) >= 11 is 0. The van der Waals surface area contributed by atoms with Gasteiger partial charge in [0, 0.05) is 38.6 Å². The lowest BCUT2D eigenvalue weighted by molar-refractivity contribution is -0.140. The number of hydrogen-bond donors (Lipinski definition) is 1. The van der Waals surface area contributed by atoms with Gasteiger partial charge in [-0.2, -0.15) is 0 Å². The first-order valence-electron chi connectivity index (χ1n) is 6.50. The molecule has 0 aromatic heterocycles. The Labute approximate surface area is 102 Å². The van der Waals surface area contributed by atoms with Crippen LogP contribution >= 0.6 is 0 Å². The SMILES string of the molecule is CCC(=O)N1CCCC(N2CCNCC2=O)C1. The van der Waals surface area contributed by atoms with Crippen molar-refractivity contribution in [2.75, 3.05) is 32.7 Å². The maximum absolute atomic E-state index is 11.8. The summed E-state index contributed by atoms with van der Waals surface area (Å²) in [4.78, 5) is 27.3. The summed E-state index contributed by atoms with van der Waals surface area (Å²) in [7, 11) is 0. The summed E-state index contributed by atoms with van der Waals surface area (Å²) in [6, 6.07) is 0.230. The van der Waals surface area contributed by atoms with Crippen molar-refractivity contribution in [2.24, 2.45) is 0 Å². The number of carbonyl (C=O) groups is 2. The van der Waals surface area contributed by atoms with E-state index in [4.69, 9.17) is 0 Å². The Morgan fingerprint density at radius 2 is 2.29 bits per heavy atom. The minimum absolute atomic E-state index is 0.173. The fourth-order valence-electron chi connectivity index (χ4n) is 2.67. The van der Waals surface area contributed by atoms with E-state index in [9.17, 15) is 9.59 Å². The van der Waals surface area contributed by atoms with Gasteiger partial charge in [0.05, 0.1) is 6.54 Å². The third kappa shape index (κ3) is 2.77. The number of rotatable bonds is 2. The smallest absolute Gasteiger partial charge is 0.236 e. The Kier molecular flexibility index (Phi) is 3.99. The molecule has 2 fully saturated rings. The third-order valence-corrected chi connectivity index (χ3v) is 3.62. The van der Waals surface area contributed by atoms with Gasteiger partial charge in [0.2, 0.25) is 11.8 Å². The van der Waals surface area contributed by atoms with Crippen molar-refractivity contribution < 1.29 is 9.59 Å². The first kappa shape index (κ1) is 12.4. The molecule has 0 aromatic rings. The fraction of sp³-hybridized carbons (Fsp3) is 0.833. The summed E-state index contributed by atoms with van der Waals surface area (Å²) < 4.78 is 0. The van der Waals surface area contributed by atoms with Crippen LogP contribution in [0.25, 0.3) is 0 Å². The molecule has 2 heterocycles. The van der Waals surface area contributed by atoms with Crippen molar-refractivity contribution in [3.8, 4) is 0 Å². The lowest BCUT2D eigenvalue weighted by Gasteiger charge is -2.41. The average Bonchev–Trinajstić information content (AvgIpc) is 2.38. The van der Waals surface area contributed by atoms with E-state index in [1.807, 2.05) is 16.7 Å². The zero-order valence-electron chi connectivity index (χ0n) is 10.4. The van der Waals surface area contributed by atoms with Crippen LogP contribution in [0.1, 0.15) is 26.2 Å². The normalized spacial score (nSPS) is 26.2. The van der Waals surface area contributed by atoms with Crippen LogP contribution in [0.5, 0.6) is 0 Å². The molecule has 2 aliphatic rings. The number of likely N-dealkylation sites (tertiary alicyclic amines) is 1. The van der Waals surface area contributed by atoms with Gasteiger partial charge >= 0.3 is 0 Å². The van der Waals surface area contributed by atoms with Gasteiger partial charge in [-0.25, -0.2) is 0 Å². The van der Waals surface area contributed by atoms with Crippen LogP contribution in [0.2, 0.25) is 0 Å². The highest BCUT2D eigenvalue weighted by Gasteiger charge is 2.30. The van der Waals surface area contributed by atoms with Crippen molar-refractivity contribution in [3.63, 3.8) is 0 Å². The van der Waals surface area contributed by atoms with Crippen LogP contribution in [0, 0.1) is 0 Å². The van der Waals surface area contributed by atoms with Gasteiger partial charge in [-0.05, 0) is 12.8 Å². The Morgan fingerprint density at radius 3 is 3.00 bits per heavy atom. The predicted octanol–water partition coefficient (Wildman–Crippen LogP) is -0.181. The summed E-state index contributed by atoms with van der Waals surface area (Å²) in [6.45, 7) is 5.55. The number of piperidine rings is 1. The Balaban J connectivity index is 1.96. The molecule has 1 atom stereocenters. The van der Waals surface area contributed by atoms with Crippen LogP contribution in [-0.2, 0) is 9.59 Å². The lowest BCUT2D eigenvalue weighted by Crippen LogP contribution is -2.57. The van der Waals surface area contributed by atoms with E-state index in [-0.39, 0.29) is 17.9 Å². The van der Waals surface area contributed by atoms with Crippen LogP contribution in [0.4, 0.5) is 0 Å². The minimum Gasteiger partial charge on any atom is -0.341 e. The quantitative estimate of drug-likeness (QED) is 0.727. The van der Waals surface area contributed by atoms with Gasteiger partial charge in [0.1, 0.15) is 0 Å². The Morgan fingerprint density at radius 1 is 1.47 bits per heavy atom. The highest BCUT2D eigenvalue weighted by Crippen LogP contribution is 2.17. The van der Waals surface area contributed by atoms with E-state index in [0.717, 1.165) is 39.0 Å². The van der Waals surface area contributed by atoms with Gasteiger partial charge < -0.3 is 15.1 Å². The molecule has 96 valence electrons. The first-order valence-corrected chi connectivity index (χ1v) is 6.50. The molecule has 0 spiro atoms. The molecule has 0 aliphatic carbocycles. The van der Waals surface area contributed by atoms with E-state index in [1.165, 1.54) is 0 Å². The Hall–Kier alpha value is -1.10. The highest BCUT2D eigenvalue weighted by atomic mass is 16.2. The second-order valence-electron chi connectivity index (χ2n) is 4.75. The van der Waals surface area contributed by atoms with Gasteiger partial charge in [0.15, 0.2) is 0 Å². The molecule has 1 unspecified atom stereocenters. The van der Waals surface area contributed by atoms with E-state index in [1.54, 1.807) is 0 Å². The second-order valence-corrected chi connectivity index (χ2v) is 4.75. The number of hydrogen-bond acceptors (Lipinski definition) is 3. The molecule has 5 nitrogen and oxygen atoms in total. The van der Waals surface area contributed by atoms with Crippen molar-refractivity contribution in [2.45, 2.75) is 32.2 Å². The monoisotopic (exact) mass is 239 g/mol. The molecule has 0 radical (unpaired) electrons. The largest absolute Gasteiger partial charge is 0.341 e. The van der Waals surface area contributed by atoms with Crippen LogP contribution < -0.4 is 5.32 Å². The fourth-order valence-corrected chi connectivity index (χ4v) is 2.67. The molecule has 2 amide bonds. The summed E-state index contributed by atoms with van der Waals surface area (Å²) in [6.07, 6.45) is 2.59. The number of nitrogens with zero attached hydrogens (tertiary/aromatic N) is 2. The maximum Gasteiger partial charge on any atom is 0.236 e. The zero-order chi connectivity index (χ0) is 12.3. The minimum atomic E-state index is 0.173. The lowest BCUT2D eigenvalue weighted by atomic mass is 10.0. The number of amides is 2. The summed E-state index contributed by atoms with van der Waals surface area (Å²) in [5, 5.41) is 3.08. The van der Waals surface area contributed by atoms with Gasteiger partial charge in [-0.3, -0.25) is 9.59 Å². The third-order valence-electron chi connectivity index (χ3n) is 3.62. The highest BCUT2D eigenvalue weighted by molar-refractivity contribution is 5.80. The number of carbonyl (C=O) groups excluding carboxylic acids is 2. The first-order chi connectivity index (χ1) is 8.22. The molecular weight excluding hydrogens is 218 g/mol. The molecule has 17 heavy (non-hydrogen) atoms. The maximum atomic E-state index is 11.8. The average molecular weight is 239 g/mol. The van der Waals surface area contributed by atoms with Crippen LogP contribution in [0.3, 0.4) is 0 Å². The molecule has 2 saturated heterocycles. The Bertz CT molecular complexity index is 306. The molecule has 2 rings (SSSR count). The van der Waals surface area contributed by atoms with Crippen LogP contribution in [0.15, 0.2) is 0 Å². The second kappa shape index (κ2) is 5.49. The van der Waals surface area contributed by atoms with E-state index in [2.05, 4.69) is 5.32 Å². The molecular formula is C12H21N3O2. The van der Waals surface area contributed by atoms with Crippen molar-refractivity contribution in [1.29, 1.82) is 0 Å². The summed E-state index contributed by atoms with van der Waals surface area (Å²) in [5.74, 6) is 0.379. The topological polar surface area (TPSA) is 52.7 Å². The van der Waals surface area contributed by atoms with Crippen molar-refractivity contribution in [1.82, 2.24) is 15.1 Å². The standard InChI is InChI=1S/C12H21N3O2/c1-2-11(16)14-6-3-4-10(9-14)15-7-5-13-8-12(15)17/h10,13H,2-9H2,1H3. The molecule has 2 aliphatic heterocycles. The van der Waals surface area contributed by atoms with E-state index >= 15 is 0 Å². The molecule has 5 heteroatoms. The molecule has 0 bridgehead atoms.